The third kappa shape index (κ3) is 3.39. The van der Waals surface area contributed by atoms with Crippen molar-refractivity contribution >= 4 is 28.8 Å². The van der Waals surface area contributed by atoms with E-state index < -0.39 is 11.7 Å². The number of halogens is 1. The van der Waals surface area contributed by atoms with Gasteiger partial charge in [-0.2, -0.15) is 0 Å². The van der Waals surface area contributed by atoms with E-state index in [1.165, 1.54) is 29.5 Å². The summed E-state index contributed by atoms with van der Waals surface area (Å²) in [7, 11) is 0. The molecule has 1 N–H and O–H groups in total. The van der Waals surface area contributed by atoms with Crippen LogP contribution in [0.4, 0.5) is 10.1 Å². The van der Waals surface area contributed by atoms with Crippen molar-refractivity contribution in [3.05, 3.63) is 40.1 Å². The lowest BCUT2D eigenvalue weighted by molar-refractivity contribution is -0.133. The van der Waals surface area contributed by atoms with Crippen LogP contribution >= 0.6 is 11.3 Å². The van der Waals surface area contributed by atoms with E-state index in [2.05, 4.69) is 15.5 Å². The van der Waals surface area contributed by atoms with Gasteiger partial charge >= 0.3 is 0 Å². The summed E-state index contributed by atoms with van der Waals surface area (Å²) in [5.41, 5.74) is 0.369. The Labute approximate surface area is 148 Å². The molecule has 8 heteroatoms. The van der Waals surface area contributed by atoms with Crippen molar-refractivity contribution < 1.29 is 14.0 Å². The fourth-order valence-electron chi connectivity index (χ4n) is 3.06. The van der Waals surface area contributed by atoms with Gasteiger partial charge in [0, 0.05) is 18.2 Å². The summed E-state index contributed by atoms with van der Waals surface area (Å²) >= 11 is 1.19. The highest BCUT2D eigenvalue weighted by molar-refractivity contribution is 7.13. The summed E-state index contributed by atoms with van der Waals surface area (Å²) in [4.78, 5) is 26.5. The average Bonchev–Trinajstić information content (AvgIpc) is 3.12. The lowest BCUT2D eigenvalue weighted by atomic mass is 10.2. The molecular formula is C17H17FN4O2S. The Bertz CT molecular complexity index is 820. The summed E-state index contributed by atoms with van der Waals surface area (Å²) < 4.78 is 13.2. The lowest BCUT2D eigenvalue weighted by Gasteiger charge is -2.22. The highest BCUT2D eigenvalue weighted by Gasteiger charge is 2.40. The Morgan fingerprint density at radius 1 is 1.24 bits per heavy atom. The van der Waals surface area contributed by atoms with Gasteiger partial charge < -0.3 is 10.2 Å². The second-order valence-electron chi connectivity index (χ2n) is 6.37. The van der Waals surface area contributed by atoms with Crippen molar-refractivity contribution in [3.8, 4) is 0 Å². The van der Waals surface area contributed by atoms with E-state index in [9.17, 15) is 14.0 Å². The van der Waals surface area contributed by atoms with Gasteiger partial charge in [0.05, 0.1) is 6.04 Å². The number of hydrogen-bond donors (Lipinski definition) is 1. The zero-order valence-corrected chi connectivity index (χ0v) is 14.3. The predicted octanol–water partition coefficient (Wildman–Crippen LogP) is 3.00. The third-order valence-corrected chi connectivity index (χ3v) is 5.49. The molecule has 2 fully saturated rings. The Morgan fingerprint density at radius 2 is 2.08 bits per heavy atom. The standard InChI is InChI=1S/C17H17FN4O2S/c18-11-3-1-4-12(9-11)19-14(23)16-21-20-15(25-16)13-5-2-8-22(13)17(24)10-6-7-10/h1,3-4,9-10,13H,2,5-8H2,(H,19,23). The van der Waals surface area contributed by atoms with Crippen LogP contribution in [0.15, 0.2) is 24.3 Å². The maximum absolute atomic E-state index is 13.2. The number of amides is 2. The highest BCUT2D eigenvalue weighted by Crippen LogP contribution is 2.39. The first-order valence-electron chi connectivity index (χ1n) is 8.32. The number of benzene rings is 1. The van der Waals surface area contributed by atoms with Gasteiger partial charge in [-0.1, -0.05) is 17.4 Å². The summed E-state index contributed by atoms with van der Waals surface area (Å²) in [6.07, 6.45) is 3.73. The van der Waals surface area contributed by atoms with Crippen LogP contribution in [0.1, 0.15) is 46.5 Å². The van der Waals surface area contributed by atoms with Crippen molar-refractivity contribution in [2.45, 2.75) is 31.7 Å². The molecule has 2 heterocycles. The quantitative estimate of drug-likeness (QED) is 0.909. The Balaban J connectivity index is 1.47. The van der Waals surface area contributed by atoms with Crippen LogP contribution in [-0.4, -0.2) is 33.5 Å². The summed E-state index contributed by atoms with van der Waals surface area (Å²) in [6, 6.07) is 5.60. The SMILES string of the molecule is O=C(Nc1cccc(F)c1)c1nnc(C2CCCN2C(=O)C2CC2)s1. The van der Waals surface area contributed by atoms with Gasteiger partial charge in [-0.25, -0.2) is 4.39 Å². The lowest BCUT2D eigenvalue weighted by Crippen LogP contribution is -2.31. The molecule has 1 unspecified atom stereocenters. The van der Waals surface area contributed by atoms with Gasteiger partial charge in [-0.3, -0.25) is 9.59 Å². The van der Waals surface area contributed by atoms with E-state index in [1.807, 2.05) is 4.90 Å². The van der Waals surface area contributed by atoms with Gasteiger partial charge in [0.15, 0.2) is 0 Å². The molecule has 0 bridgehead atoms. The molecule has 4 rings (SSSR count). The van der Waals surface area contributed by atoms with Crippen molar-refractivity contribution in [2.75, 3.05) is 11.9 Å². The molecule has 1 aromatic carbocycles. The molecular weight excluding hydrogens is 343 g/mol. The van der Waals surface area contributed by atoms with Crippen LogP contribution < -0.4 is 5.32 Å². The Hall–Kier alpha value is -2.35. The zero-order valence-electron chi connectivity index (χ0n) is 13.4. The number of nitrogens with zero attached hydrogens (tertiary/aromatic N) is 3. The molecule has 1 saturated carbocycles. The van der Waals surface area contributed by atoms with Crippen LogP contribution in [0, 0.1) is 11.7 Å². The van der Waals surface area contributed by atoms with Crippen molar-refractivity contribution in [2.24, 2.45) is 5.92 Å². The molecule has 25 heavy (non-hydrogen) atoms. The number of rotatable bonds is 4. The molecule has 0 spiro atoms. The molecule has 1 atom stereocenters. The first-order valence-corrected chi connectivity index (χ1v) is 9.14. The third-order valence-electron chi connectivity index (χ3n) is 4.46. The van der Waals surface area contributed by atoms with Crippen molar-refractivity contribution in [1.29, 1.82) is 0 Å². The summed E-state index contributed by atoms with van der Waals surface area (Å²) in [6.45, 7) is 0.740. The molecule has 1 saturated heterocycles. The van der Waals surface area contributed by atoms with E-state index >= 15 is 0 Å². The second-order valence-corrected chi connectivity index (χ2v) is 7.38. The maximum atomic E-state index is 13.2. The number of hydrogen-bond acceptors (Lipinski definition) is 5. The first kappa shape index (κ1) is 16.1. The van der Waals surface area contributed by atoms with Crippen molar-refractivity contribution in [1.82, 2.24) is 15.1 Å². The molecule has 1 aromatic heterocycles. The minimum Gasteiger partial charge on any atom is -0.333 e. The fraction of sp³-hybridized carbons (Fsp3) is 0.412. The van der Waals surface area contributed by atoms with Gasteiger partial charge in [-0.05, 0) is 43.9 Å². The van der Waals surface area contributed by atoms with Crippen LogP contribution in [0.25, 0.3) is 0 Å². The van der Waals surface area contributed by atoms with Gasteiger partial charge in [0.2, 0.25) is 10.9 Å². The smallest absolute Gasteiger partial charge is 0.286 e. The summed E-state index contributed by atoms with van der Waals surface area (Å²) in [5.74, 6) is -0.476. The van der Waals surface area contributed by atoms with E-state index in [0.717, 1.165) is 32.2 Å². The molecule has 1 aliphatic heterocycles. The normalized spacial score (nSPS) is 19.9. The topological polar surface area (TPSA) is 75.2 Å². The Morgan fingerprint density at radius 3 is 2.84 bits per heavy atom. The number of aromatic nitrogens is 2. The number of carbonyl (C=O) groups excluding carboxylic acids is 2. The molecule has 6 nitrogen and oxygen atoms in total. The molecule has 0 radical (unpaired) electrons. The minimum absolute atomic E-state index is 0.0821. The van der Waals surface area contributed by atoms with Gasteiger partial charge in [0.25, 0.3) is 5.91 Å². The number of nitrogens with one attached hydrogen (secondary N) is 1. The summed E-state index contributed by atoms with van der Waals surface area (Å²) in [5, 5.41) is 11.6. The minimum atomic E-state index is -0.424. The molecule has 1 aliphatic carbocycles. The molecule has 2 aliphatic rings. The zero-order chi connectivity index (χ0) is 17.4. The van der Waals surface area contributed by atoms with E-state index in [1.54, 1.807) is 6.07 Å². The van der Waals surface area contributed by atoms with E-state index in [4.69, 9.17) is 0 Å². The predicted molar refractivity (Wildman–Crippen MR) is 90.7 cm³/mol. The fourth-order valence-corrected chi connectivity index (χ4v) is 3.95. The monoisotopic (exact) mass is 360 g/mol. The number of carbonyl (C=O) groups is 2. The molecule has 130 valence electrons. The largest absolute Gasteiger partial charge is 0.333 e. The number of anilines is 1. The van der Waals surface area contributed by atoms with Gasteiger partial charge in [-0.15, -0.1) is 10.2 Å². The van der Waals surface area contributed by atoms with Crippen LogP contribution in [0.2, 0.25) is 0 Å². The average molecular weight is 360 g/mol. The van der Waals surface area contributed by atoms with E-state index in [-0.39, 0.29) is 22.9 Å². The molecule has 2 amide bonds. The van der Waals surface area contributed by atoms with Crippen molar-refractivity contribution in [3.63, 3.8) is 0 Å². The highest BCUT2D eigenvalue weighted by atomic mass is 32.1. The molecule has 2 aromatic rings. The van der Waals surface area contributed by atoms with Crippen LogP contribution in [0.3, 0.4) is 0 Å². The first-order chi connectivity index (χ1) is 12.1. The number of likely N-dealkylation sites (tertiary alicyclic amines) is 1. The second kappa shape index (κ2) is 6.51. The Kier molecular flexibility index (Phi) is 4.20. The van der Waals surface area contributed by atoms with Gasteiger partial charge in [0.1, 0.15) is 10.8 Å². The van der Waals surface area contributed by atoms with E-state index in [0.29, 0.717) is 10.7 Å². The maximum Gasteiger partial charge on any atom is 0.286 e. The van der Waals surface area contributed by atoms with Crippen LogP contribution in [0.5, 0.6) is 0 Å². The van der Waals surface area contributed by atoms with Crippen LogP contribution in [-0.2, 0) is 4.79 Å².